The first-order valence-corrected chi connectivity index (χ1v) is 6.69. The maximum Gasteiger partial charge on any atom is 0.119 e. The summed E-state index contributed by atoms with van der Waals surface area (Å²) in [5.41, 5.74) is 7.21. The first-order chi connectivity index (χ1) is 9.06. The zero-order chi connectivity index (χ0) is 13.8. The SMILES string of the molecule is NC(=S)c1ccc(OCc2ccc(Cl)cc2Cl)cc1. The second-order valence-corrected chi connectivity index (χ2v) is 5.20. The lowest BCUT2D eigenvalue weighted by atomic mass is 10.2. The standard InChI is InChI=1S/C14H11Cl2NOS/c15-11-4-1-10(13(16)7-11)8-18-12-5-2-9(3-6-12)14(17)19/h1-7H,8H2,(H2,17,19). The van der Waals surface area contributed by atoms with E-state index in [2.05, 4.69) is 0 Å². The van der Waals surface area contributed by atoms with E-state index in [1.165, 1.54) is 0 Å². The van der Waals surface area contributed by atoms with Crippen LogP contribution in [-0.2, 0) is 6.61 Å². The molecule has 2 aromatic rings. The molecule has 0 spiro atoms. The molecule has 2 nitrogen and oxygen atoms in total. The predicted octanol–water partition coefficient (Wildman–Crippen LogP) is 4.21. The number of thiocarbonyl (C=S) groups is 1. The molecule has 2 N–H and O–H groups in total. The molecule has 0 aromatic heterocycles. The molecule has 0 saturated heterocycles. The number of ether oxygens (including phenoxy) is 1. The Morgan fingerprint density at radius 2 is 1.79 bits per heavy atom. The van der Waals surface area contributed by atoms with Crippen LogP contribution >= 0.6 is 35.4 Å². The lowest BCUT2D eigenvalue weighted by Crippen LogP contribution is -2.08. The highest BCUT2D eigenvalue weighted by Gasteiger charge is 2.03. The Bertz CT molecular complexity index is 599. The molecule has 2 rings (SSSR count). The van der Waals surface area contributed by atoms with Crippen molar-refractivity contribution in [2.45, 2.75) is 6.61 Å². The number of hydrogen-bond acceptors (Lipinski definition) is 2. The van der Waals surface area contributed by atoms with Crippen LogP contribution in [0.1, 0.15) is 11.1 Å². The minimum absolute atomic E-state index is 0.368. The van der Waals surface area contributed by atoms with Crippen molar-refractivity contribution in [3.05, 3.63) is 63.6 Å². The van der Waals surface area contributed by atoms with Gasteiger partial charge in [0.05, 0.1) is 0 Å². The molecule has 98 valence electrons. The summed E-state index contributed by atoms with van der Waals surface area (Å²) in [5.74, 6) is 0.728. The van der Waals surface area contributed by atoms with Crippen LogP contribution in [0.3, 0.4) is 0 Å². The number of rotatable bonds is 4. The van der Waals surface area contributed by atoms with Gasteiger partial charge in [-0.3, -0.25) is 0 Å². The molecule has 0 amide bonds. The highest BCUT2D eigenvalue weighted by Crippen LogP contribution is 2.22. The third-order valence-electron chi connectivity index (χ3n) is 2.55. The Morgan fingerprint density at radius 3 is 2.37 bits per heavy atom. The van der Waals surface area contributed by atoms with Gasteiger partial charge in [0, 0.05) is 21.2 Å². The van der Waals surface area contributed by atoms with E-state index in [4.69, 9.17) is 45.9 Å². The van der Waals surface area contributed by atoms with Crippen LogP contribution in [0, 0.1) is 0 Å². The molecule has 19 heavy (non-hydrogen) atoms. The van der Waals surface area contributed by atoms with Gasteiger partial charge >= 0.3 is 0 Å². The zero-order valence-electron chi connectivity index (χ0n) is 9.90. The molecular weight excluding hydrogens is 301 g/mol. The summed E-state index contributed by atoms with van der Waals surface area (Å²) >= 11 is 16.8. The van der Waals surface area contributed by atoms with Crippen molar-refractivity contribution >= 4 is 40.4 Å². The molecule has 0 heterocycles. The Balaban J connectivity index is 2.04. The number of nitrogens with two attached hydrogens (primary N) is 1. The monoisotopic (exact) mass is 311 g/mol. The van der Waals surface area contributed by atoms with Crippen LogP contribution in [0.25, 0.3) is 0 Å². The number of benzene rings is 2. The molecule has 0 unspecified atom stereocenters. The molecular formula is C14H11Cl2NOS. The van der Waals surface area contributed by atoms with Gasteiger partial charge in [0.25, 0.3) is 0 Å². The van der Waals surface area contributed by atoms with E-state index in [1.807, 2.05) is 30.3 Å². The Labute approximate surface area is 127 Å². The van der Waals surface area contributed by atoms with Gasteiger partial charge in [-0.15, -0.1) is 0 Å². The van der Waals surface area contributed by atoms with Gasteiger partial charge in [-0.2, -0.15) is 0 Å². The van der Waals surface area contributed by atoms with Crippen LogP contribution in [0.4, 0.5) is 0 Å². The van der Waals surface area contributed by atoms with Crippen molar-refractivity contribution in [3.63, 3.8) is 0 Å². The van der Waals surface area contributed by atoms with E-state index in [0.717, 1.165) is 16.9 Å². The number of halogens is 2. The normalized spacial score (nSPS) is 10.2. The molecule has 0 radical (unpaired) electrons. The van der Waals surface area contributed by atoms with E-state index in [-0.39, 0.29) is 0 Å². The summed E-state index contributed by atoms with van der Waals surface area (Å²) in [6.45, 7) is 0.377. The first kappa shape index (κ1) is 14.1. The molecule has 0 aliphatic carbocycles. The van der Waals surface area contributed by atoms with Crippen molar-refractivity contribution in [3.8, 4) is 5.75 Å². The summed E-state index contributed by atoms with van der Waals surface area (Å²) in [6, 6.07) is 12.6. The third-order valence-corrected chi connectivity index (χ3v) is 3.37. The first-order valence-electron chi connectivity index (χ1n) is 5.53. The molecule has 0 aliphatic rings. The summed E-state index contributed by atoms with van der Waals surface area (Å²) in [6.07, 6.45) is 0. The molecule has 2 aromatic carbocycles. The quantitative estimate of drug-likeness (QED) is 0.859. The van der Waals surface area contributed by atoms with E-state index in [9.17, 15) is 0 Å². The third kappa shape index (κ3) is 3.83. The van der Waals surface area contributed by atoms with Crippen molar-refractivity contribution in [2.75, 3.05) is 0 Å². The van der Waals surface area contributed by atoms with Gasteiger partial charge in [0.15, 0.2) is 0 Å². The topological polar surface area (TPSA) is 35.2 Å². The Morgan fingerprint density at radius 1 is 1.11 bits per heavy atom. The zero-order valence-corrected chi connectivity index (χ0v) is 12.2. The van der Waals surface area contributed by atoms with E-state index >= 15 is 0 Å². The fraction of sp³-hybridized carbons (Fsp3) is 0.0714. The van der Waals surface area contributed by atoms with Crippen LogP contribution in [-0.4, -0.2) is 4.99 Å². The minimum atomic E-state index is 0.368. The van der Waals surface area contributed by atoms with E-state index in [0.29, 0.717) is 21.6 Å². The largest absolute Gasteiger partial charge is 0.489 e. The highest BCUT2D eigenvalue weighted by atomic mass is 35.5. The van der Waals surface area contributed by atoms with Crippen LogP contribution < -0.4 is 10.5 Å². The number of hydrogen-bond donors (Lipinski definition) is 1. The maximum atomic E-state index is 6.06. The average molecular weight is 312 g/mol. The highest BCUT2D eigenvalue weighted by molar-refractivity contribution is 7.80. The van der Waals surface area contributed by atoms with Gasteiger partial charge < -0.3 is 10.5 Å². The minimum Gasteiger partial charge on any atom is -0.489 e. The average Bonchev–Trinajstić information content (AvgIpc) is 2.38. The fourth-order valence-corrected chi connectivity index (χ4v) is 2.11. The summed E-state index contributed by atoms with van der Waals surface area (Å²) < 4.78 is 5.64. The molecule has 0 atom stereocenters. The Kier molecular flexibility index (Phi) is 4.64. The summed E-state index contributed by atoms with van der Waals surface area (Å²) in [5, 5.41) is 1.20. The van der Waals surface area contributed by atoms with Gasteiger partial charge in [-0.1, -0.05) is 41.5 Å². The van der Waals surface area contributed by atoms with Gasteiger partial charge in [0.2, 0.25) is 0 Å². The second-order valence-electron chi connectivity index (χ2n) is 3.91. The second kappa shape index (κ2) is 6.24. The van der Waals surface area contributed by atoms with Crippen molar-refractivity contribution in [1.29, 1.82) is 0 Å². The predicted molar refractivity (Wildman–Crippen MR) is 83.1 cm³/mol. The van der Waals surface area contributed by atoms with Gasteiger partial charge in [0.1, 0.15) is 17.3 Å². The molecule has 0 aliphatic heterocycles. The lowest BCUT2D eigenvalue weighted by Gasteiger charge is -2.08. The van der Waals surface area contributed by atoms with E-state index in [1.54, 1.807) is 12.1 Å². The van der Waals surface area contributed by atoms with Gasteiger partial charge in [-0.05, 0) is 36.4 Å². The maximum absolute atomic E-state index is 6.06. The summed E-state index contributed by atoms with van der Waals surface area (Å²) in [4.78, 5) is 0.368. The van der Waals surface area contributed by atoms with Crippen LogP contribution in [0.15, 0.2) is 42.5 Å². The fourth-order valence-electron chi connectivity index (χ4n) is 1.52. The van der Waals surface area contributed by atoms with Crippen LogP contribution in [0.5, 0.6) is 5.75 Å². The van der Waals surface area contributed by atoms with Crippen molar-refractivity contribution in [2.24, 2.45) is 5.73 Å². The molecule has 0 saturated carbocycles. The van der Waals surface area contributed by atoms with Gasteiger partial charge in [-0.25, -0.2) is 0 Å². The molecule has 5 heteroatoms. The summed E-state index contributed by atoms with van der Waals surface area (Å²) in [7, 11) is 0. The Hall–Kier alpha value is -1.29. The molecule has 0 bridgehead atoms. The van der Waals surface area contributed by atoms with Crippen molar-refractivity contribution in [1.82, 2.24) is 0 Å². The van der Waals surface area contributed by atoms with E-state index < -0.39 is 0 Å². The molecule has 0 fully saturated rings. The smallest absolute Gasteiger partial charge is 0.119 e. The van der Waals surface area contributed by atoms with Crippen LogP contribution in [0.2, 0.25) is 10.0 Å². The van der Waals surface area contributed by atoms with Crippen molar-refractivity contribution < 1.29 is 4.74 Å². The lowest BCUT2D eigenvalue weighted by molar-refractivity contribution is 0.306.